The van der Waals surface area contributed by atoms with Gasteiger partial charge in [-0.15, -0.1) is 0 Å². The van der Waals surface area contributed by atoms with Crippen LogP contribution >= 0.6 is 0 Å². The Morgan fingerprint density at radius 2 is 2.00 bits per heavy atom. The number of aryl methyl sites for hydroxylation is 1. The van der Waals surface area contributed by atoms with E-state index >= 15 is 0 Å². The monoisotopic (exact) mass is 233 g/mol. The fourth-order valence-corrected chi connectivity index (χ4v) is 2.26. The summed E-state index contributed by atoms with van der Waals surface area (Å²) in [5, 5.41) is 6.59. The molecule has 1 aromatic rings. The van der Waals surface area contributed by atoms with Crippen molar-refractivity contribution in [1.29, 1.82) is 0 Å². The average Bonchev–Trinajstić information content (AvgIpc) is 2.33. The summed E-state index contributed by atoms with van der Waals surface area (Å²) >= 11 is 0. The number of nitrogens with two attached hydrogens (primary N) is 1. The third-order valence-electron chi connectivity index (χ3n) is 3.45. The molecule has 0 aliphatic carbocycles. The highest BCUT2D eigenvalue weighted by molar-refractivity contribution is 5.88. The van der Waals surface area contributed by atoms with Crippen molar-refractivity contribution in [3.05, 3.63) is 29.8 Å². The molecule has 4 N–H and O–H groups in total. The van der Waals surface area contributed by atoms with Crippen molar-refractivity contribution < 1.29 is 4.79 Å². The van der Waals surface area contributed by atoms with E-state index in [0.29, 0.717) is 0 Å². The van der Waals surface area contributed by atoms with Gasteiger partial charge in [-0.1, -0.05) is 18.2 Å². The van der Waals surface area contributed by atoms with Crippen molar-refractivity contribution in [2.45, 2.75) is 25.3 Å². The molecule has 0 atom stereocenters. The van der Waals surface area contributed by atoms with Gasteiger partial charge < -0.3 is 16.4 Å². The van der Waals surface area contributed by atoms with Crippen molar-refractivity contribution in [2.24, 2.45) is 5.73 Å². The van der Waals surface area contributed by atoms with Crippen molar-refractivity contribution in [3.63, 3.8) is 0 Å². The van der Waals surface area contributed by atoms with Crippen LogP contribution in [-0.4, -0.2) is 24.5 Å². The van der Waals surface area contributed by atoms with Crippen LogP contribution < -0.4 is 16.4 Å². The summed E-state index contributed by atoms with van der Waals surface area (Å²) in [6.45, 7) is 3.67. The summed E-state index contributed by atoms with van der Waals surface area (Å²) in [4.78, 5) is 11.7. The Morgan fingerprint density at radius 3 is 2.59 bits per heavy atom. The molecule has 1 aliphatic rings. The lowest BCUT2D eigenvalue weighted by Crippen LogP contribution is -2.56. The van der Waals surface area contributed by atoms with Gasteiger partial charge in [0.05, 0.1) is 0 Å². The maximum Gasteiger partial charge on any atom is 0.243 e. The van der Waals surface area contributed by atoms with Gasteiger partial charge in [-0.2, -0.15) is 0 Å². The van der Waals surface area contributed by atoms with Crippen LogP contribution in [0.3, 0.4) is 0 Å². The molecule has 1 fully saturated rings. The highest BCUT2D eigenvalue weighted by Gasteiger charge is 2.37. The van der Waals surface area contributed by atoms with E-state index in [9.17, 15) is 4.79 Å². The first-order valence-electron chi connectivity index (χ1n) is 5.98. The van der Waals surface area contributed by atoms with E-state index in [1.807, 2.05) is 31.2 Å². The average molecular weight is 233 g/mol. The van der Waals surface area contributed by atoms with Crippen LogP contribution in [0.15, 0.2) is 24.3 Å². The number of primary amides is 1. The van der Waals surface area contributed by atoms with Crippen LogP contribution in [0.25, 0.3) is 0 Å². The lowest BCUT2D eigenvalue weighted by Gasteiger charge is -2.36. The zero-order valence-corrected chi connectivity index (χ0v) is 10.1. The molecule has 0 aromatic heterocycles. The predicted octanol–water partition coefficient (Wildman–Crippen LogP) is 1.01. The molecule has 1 saturated heterocycles. The van der Waals surface area contributed by atoms with E-state index in [2.05, 4.69) is 10.6 Å². The molecule has 1 aliphatic heterocycles. The number of amides is 1. The van der Waals surface area contributed by atoms with Gasteiger partial charge in [0.15, 0.2) is 0 Å². The number of carbonyl (C=O) groups is 1. The third-order valence-corrected chi connectivity index (χ3v) is 3.45. The first-order valence-corrected chi connectivity index (χ1v) is 5.98. The molecule has 1 heterocycles. The number of anilines is 1. The number of piperidine rings is 1. The molecule has 0 saturated carbocycles. The molecule has 4 heteroatoms. The second kappa shape index (κ2) is 4.75. The Morgan fingerprint density at radius 1 is 1.35 bits per heavy atom. The first-order chi connectivity index (χ1) is 8.14. The third kappa shape index (κ3) is 2.42. The molecule has 17 heavy (non-hydrogen) atoms. The molecule has 1 aromatic carbocycles. The predicted molar refractivity (Wildman–Crippen MR) is 68.8 cm³/mol. The smallest absolute Gasteiger partial charge is 0.243 e. The van der Waals surface area contributed by atoms with Crippen LogP contribution in [0.1, 0.15) is 18.4 Å². The van der Waals surface area contributed by atoms with Gasteiger partial charge in [-0.3, -0.25) is 4.79 Å². The maximum atomic E-state index is 11.7. The highest BCUT2D eigenvalue weighted by Crippen LogP contribution is 2.26. The van der Waals surface area contributed by atoms with Crippen LogP contribution in [0.5, 0.6) is 0 Å². The van der Waals surface area contributed by atoms with Crippen LogP contribution in [0.4, 0.5) is 5.69 Å². The number of carbonyl (C=O) groups excluding carboxylic acids is 1. The number of rotatable bonds is 3. The molecule has 0 unspecified atom stereocenters. The van der Waals surface area contributed by atoms with Gasteiger partial charge in [-0.25, -0.2) is 0 Å². The summed E-state index contributed by atoms with van der Waals surface area (Å²) in [5.41, 5.74) is 7.10. The Balaban J connectivity index is 2.24. The molecule has 92 valence electrons. The summed E-state index contributed by atoms with van der Waals surface area (Å²) in [7, 11) is 0. The van der Waals surface area contributed by atoms with E-state index in [1.54, 1.807) is 0 Å². The summed E-state index contributed by atoms with van der Waals surface area (Å²) in [5.74, 6) is -0.262. The van der Waals surface area contributed by atoms with Crippen LogP contribution in [0.2, 0.25) is 0 Å². The minimum atomic E-state index is -0.600. The number of hydrogen-bond acceptors (Lipinski definition) is 3. The normalized spacial score (nSPS) is 18.6. The van der Waals surface area contributed by atoms with E-state index in [4.69, 9.17) is 5.73 Å². The Bertz CT molecular complexity index is 411. The Hall–Kier alpha value is -1.55. The SMILES string of the molecule is Cc1ccccc1NC1(C(N)=O)CCNCC1. The minimum Gasteiger partial charge on any atom is -0.371 e. The zero-order valence-electron chi connectivity index (χ0n) is 10.1. The lowest BCUT2D eigenvalue weighted by molar-refractivity contribution is -0.123. The standard InChI is InChI=1S/C13H19N3O/c1-10-4-2-3-5-11(10)16-13(12(14)17)6-8-15-9-7-13/h2-5,15-16H,6-9H2,1H3,(H2,14,17). The van der Waals surface area contributed by atoms with E-state index in [0.717, 1.165) is 37.2 Å². The molecule has 1 amide bonds. The van der Waals surface area contributed by atoms with Crippen molar-refractivity contribution >= 4 is 11.6 Å². The van der Waals surface area contributed by atoms with Gasteiger partial charge in [0, 0.05) is 5.69 Å². The van der Waals surface area contributed by atoms with E-state index in [-0.39, 0.29) is 5.91 Å². The topological polar surface area (TPSA) is 67.1 Å². The largest absolute Gasteiger partial charge is 0.371 e. The quantitative estimate of drug-likeness (QED) is 0.730. The minimum absolute atomic E-state index is 0.262. The van der Waals surface area contributed by atoms with Gasteiger partial charge in [0.25, 0.3) is 0 Å². The molecule has 0 radical (unpaired) electrons. The molecule has 2 rings (SSSR count). The van der Waals surface area contributed by atoms with Crippen LogP contribution in [0, 0.1) is 6.92 Å². The number of benzene rings is 1. The highest BCUT2D eigenvalue weighted by atomic mass is 16.1. The molecule has 0 bridgehead atoms. The van der Waals surface area contributed by atoms with Gasteiger partial charge in [0.2, 0.25) is 5.91 Å². The number of hydrogen-bond donors (Lipinski definition) is 3. The zero-order chi connectivity index (χ0) is 12.3. The Kier molecular flexibility index (Phi) is 3.33. The second-order valence-electron chi connectivity index (χ2n) is 4.64. The molecular weight excluding hydrogens is 214 g/mol. The second-order valence-corrected chi connectivity index (χ2v) is 4.64. The maximum absolute atomic E-state index is 11.7. The fraction of sp³-hybridized carbons (Fsp3) is 0.462. The van der Waals surface area contributed by atoms with Crippen LogP contribution in [-0.2, 0) is 4.79 Å². The number of nitrogens with one attached hydrogen (secondary N) is 2. The van der Waals surface area contributed by atoms with Gasteiger partial charge in [0.1, 0.15) is 5.54 Å². The van der Waals surface area contributed by atoms with E-state index < -0.39 is 5.54 Å². The van der Waals surface area contributed by atoms with Crippen molar-refractivity contribution in [3.8, 4) is 0 Å². The van der Waals surface area contributed by atoms with Gasteiger partial charge >= 0.3 is 0 Å². The summed E-state index contributed by atoms with van der Waals surface area (Å²) in [6, 6.07) is 7.96. The Labute approximate surface area is 102 Å². The molecular formula is C13H19N3O. The fourth-order valence-electron chi connectivity index (χ4n) is 2.26. The van der Waals surface area contributed by atoms with Gasteiger partial charge in [-0.05, 0) is 44.5 Å². The number of para-hydroxylation sites is 1. The van der Waals surface area contributed by atoms with E-state index in [1.165, 1.54) is 0 Å². The first kappa shape index (κ1) is 11.9. The van der Waals surface area contributed by atoms with Crippen molar-refractivity contribution in [2.75, 3.05) is 18.4 Å². The lowest BCUT2D eigenvalue weighted by atomic mass is 9.87. The van der Waals surface area contributed by atoms with Crippen molar-refractivity contribution in [1.82, 2.24) is 5.32 Å². The molecule has 0 spiro atoms. The summed E-state index contributed by atoms with van der Waals surface area (Å²) < 4.78 is 0. The summed E-state index contributed by atoms with van der Waals surface area (Å²) in [6.07, 6.45) is 1.47. The molecule has 4 nitrogen and oxygen atoms in total.